The van der Waals surface area contributed by atoms with E-state index >= 15 is 0 Å². The van der Waals surface area contributed by atoms with E-state index in [2.05, 4.69) is 25.5 Å². The van der Waals surface area contributed by atoms with Gasteiger partial charge in [0.2, 0.25) is 28.4 Å². The molecule has 61 heavy (non-hydrogen) atoms. The second kappa shape index (κ2) is 18.0. The summed E-state index contributed by atoms with van der Waals surface area (Å²) in [6, 6.07) is 22.3. The van der Waals surface area contributed by atoms with Gasteiger partial charge < -0.3 is 15.9 Å². The van der Waals surface area contributed by atoms with Gasteiger partial charge in [-0.2, -0.15) is 0 Å². The number of aromatic amines is 1. The molecule has 2 aromatic carbocycles. The van der Waals surface area contributed by atoms with Crippen molar-refractivity contribution in [2.24, 2.45) is 10.8 Å². The van der Waals surface area contributed by atoms with Crippen molar-refractivity contribution in [2.75, 3.05) is 24.0 Å². The molecule has 322 valence electrons. The molecule has 0 unspecified atom stereocenters. The summed E-state index contributed by atoms with van der Waals surface area (Å²) in [4.78, 5) is 48.8. The summed E-state index contributed by atoms with van der Waals surface area (Å²) < 4.78 is 57.8. The van der Waals surface area contributed by atoms with Crippen LogP contribution in [0.5, 0.6) is 0 Å². The van der Waals surface area contributed by atoms with Crippen LogP contribution in [0.3, 0.4) is 0 Å². The predicted octanol–water partition coefficient (Wildman–Crippen LogP) is 7.40. The molecule has 0 fully saturated rings. The minimum atomic E-state index is -3.61. The maximum absolute atomic E-state index is 12.8. The van der Waals surface area contributed by atoms with E-state index in [0.717, 1.165) is 39.4 Å². The second-order valence-corrected chi connectivity index (χ2v) is 22.1. The van der Waals surface area contributed by atoms with Crippen LogP contribution in [0.25, 0.3) is 39.3 Å². The lowest BCUT2D eigenvalue weighted by Gasteiger charge is -2.16. The van der Waals surface area contributed by atoms with Crippen LogP contribution in [0, 0.1) is 10.8 Å². The molecule has 0 saturated carbocycles. The number of carbonyl (C=O) groups is 2. The van der Waals surface area contributed by atoms with Crippen molar-refractivity contribution < 1.29 is 31.2 Å². The van der Waals surface area contributed by atoms with Crippen LogP contribution in [0.4, 0.5) is 0 Å². The van der Waals surface area contributed by atoms with Crippen molar-refractivity contribution in [3.63, 3.8) is 0 Å². The normalized spacial score (nSPS) is 12.0. The van der Waals surface area contributed by atoms with Crippen LogP contribution < -0.4 is 17.1 Å². The third-order valence-corrected chi connectivity index (χ3v) is 15.5. The zero-order valence-corrected chi connectivity index (χ0v) is 37.8. The van der Waals surface area contributed by atoms with E-state index in [4.69, 9.17) is 4.74 Å². The Hall–Kier alpha value is -5.80. The lowest BCUT2D eigenvalue weighted by molar-refractivity contribution is 0.0591. The van der Waals surface area contributed by atoms with Crippen molar-refractivity contribution in [2.45, 2.75) is 50.2 Å². The second-order valence-electron chi connectivity index (χ2n) is 16.1. The Morgan fingerprint density at radius 1 is 0.754 bits per heavy atom. The van der Waals surface area contributed by atoms with Crippen molar-refractivity contribution in [1.29, 1.82) is 0 Å². The van der Waals surface area contributed by atoms with Crippen LogP contribution in [-0.2, 0) is 24.4 Å². The van der Waals surface area contributed by atoms with Crippen LogP contribution in [0.1, 0.15) is 62.5 Å². The molecule has 1 amide bonds. The fourth-order valence-electron chi connectivity index (χ4n) is 6.12. The quantitative estimate of drug-likeness (QED) is 0.114. The van der Waals surface area contributed by atoms with Gasteiger partial charge in [0.15, 0.2) is 11.5 Å². The summed E-state index contributed by atoms with van der Waals surface area (Å²) in [5.74, 6) is -1.14. The van der Waals surface area contributed by atoms with Gasteiger partial charge in [-0.3, -0.25) is 19.7 Å². The van der Waals surface area contributed by atoms with Crippen molar-refractivity contribution in [3.05, 3.63) is 118 Å². The van der Waals surface area contributed by atoms with Crippen molar-refractivity contribution >= 4 is 59.7 Å². The number of rotatable bonds is 10. The summed E-state index contributed by atoms with van der Waals surface area (Å²) in [6.07, 6.45) is 3.23. The number of hydrogen-bond donors (Lipinski definition) is 3. The first kappa shape index (κ1) is 46.3. The van der Waals surface area contributed by atoms with Crippen molar-refractivity contribution in [3.8, 4) is 33.8 Å². The minimum absolute atomic E-state index is 0. The van der Waals surface area contributed by atoms with Gasteiger partial charge in [-0.05, 0) is 34.1 Å². The summed E-state index contributed by atoms with van der Waals surface area (Å²) in [7, 11) is -5.87. The van der Waals surface area contributed by atoms with E-state index in [0.29, 0.717) is 16.8 Å². The standard InChI is InChI=1S/C21H23N3O5S2.C20H20N4O3S2.H3N/c1-21(2,3)13-31(27,28)20-22-16(12-30-20)18(25)23-24-11-10-15(17(24)19(26)29-4)14-8-6-5-7-9-14;1-20(2,3)12-29(26,27)19-21-15(11-28-19)17-22-18(25)16-14(9-10-24(16)23-17)13-7-5-4-6-8-13;/h5-12H,13H2,1-4H3,(H,23,25);4-11H,12H2,1-3H3,(H,22,23,25);1H3. The Balaban J connectivity index is 0.000000227. The summed E-state index contributed by atoms with van der Waals surface area (Å²) in [6.45, 7) is 11.0. The predicted molar refractivity (Wildman–Crippen MR) is 237 cm³/mol. The Labute approximate surface area is 361 Å². The fraction of sp³-hybridized carbons (Fsp3) is 0.268. The maximum Gasteiger partial charge on any atom is 0.357 e. The molecule has 16 nitrogen and oxygen atoms in total. The lowest BCUT2D eigenvalue weighted by atomic mass is 10.0. The molecule has 7 aromatic rings. The van der Waals surface area contributed by atoms with E-state index < -0.39 is 37.0 Å². The number of carbonyl (C=O) groups excluding carboxylic acids is 2. The van der Waals surface area contributed by atoms with Crippen molar-refractivity contribution in [1.82, 2.24) is 35.4 Å². The van der Waals surface area contributed by atoms with Crippen LogP contribution in [-0.4, -0.2) is 76.6 Å². The molecule has 0 aliphatic rings. The third kappa shape index (κ3) is 10.9. The first-order valence-corrected chi connectivity index (χ1v) is 23.4. The first-order chi connectivity index (χ1) is 28.2. The Kier molecular flexibility index (Phi) is 13.7. The van der Waals surface area contributed by atoms with E-state index in [9.17, 15) is 31.2 Å². The van der Waals surface area contributed by atoms with Gasteiger partial charge in [0.1, 0.15) is 16.9 Å². The molecule has 0 saturated heterocycles. The highest BCUT2D eigenvalue weighted by atomic mass is 32.2. The molecule has 0 aliphatic carbocycles. The molecule has 0 radical (unpaired) electrons. The summed E-state index contributed by atoms with van der Waals surface area (Å²) in [5, 5.41) is 7.41. The number of hydrogen-bond acceptors (Lipinski definition) is 14. The maximum atomic E-state index is 12.8. The van der Waals surface area contributed by atoms with E-state index in [1.165, 1.54) is 27.9 Å². The molecule has 0 aliphatic heterocycles. The largest absolute Gasteiger partial charge is 0.464 e. The molecule has 0 atom stereocenters. The summed E-state index contributed by atoms with van der Waals surface area (Å²) >= 11 is 1.93. The number of thiazole rings is 2. The highest BCUT2D eigenvalue weighted by Crippen LogP contribution is 2.29. The highest BCUT2D eigenvalue weighted by Gasteiger charge is 2.29. The molecule has 20 heteroatoms. The van der Waals surface area contributed by atoms with E-state index in [1.807, 2.05) is 108 Å². The molecule has 0 bridgehead atoms. The third-order valence-electron chi connectivity index (χ3n) is 8.40. The number of sulfone groups is 2. The lowest BCUT2D eigenvalue weighted by Crippen LogP contribution is -2.26. The SMILES string of the molecule is CC(C)(C)CS(=O)(=O)c1nc(-c2nn3ccc(-c4ccccc4)c3c(=O)[nH]2)cs1.COC(=O)c1c(-c2ccccc2)ccn1NC(=O)c1csc(S(=O)(=O)CC(C)(C)C)n1.N. The van der Waals surface area contributed by atoms with E-state index in [-0.39, 0.29) is 54.5 Å². The monoisotopic (exact) mass is 906 g/mol. The van der Waals surface area contributed by atoms with Gasteiger partial charge in [-0.15, -0.1) is 27.8 Å². The number of aromatic nitrogens is 6. The molecular formula is C41H46N8O8S4. The number of nitrogens with zero attached hydrogens (tertiary/aromatic N) is 5. The fourth-order valence-corrected chi connectivity index (χ4v) is 12.0. The molecule has 5 heterocycles. The number of nitrogens with one attached hydrogen (secondary N) is 2. The van der Waals surface area contributed by atoms with Crippen LogP contribution >= 0.6 is 22.7 Å². The van der Waals surface area contributed by atoms with Gasteiger partial charge in [-0.1, -0.05) is 102 Å². The number of methoxy groups -OCH3 is 1. The smallest absolute Gasteiger partial charge is 0.357 e. The molecule has 7 rings (SSSR count). The number of ether oxygens (including phenoxy) is 1. The van der Waals surface area contributed by atoms with E-state index in [1.54, 1.807) is 17.6 Å². The zero-order chi connectivity index (χ0) is 43.6. The summed E-state index contributed by atoms with van der Waals surface area (Å²) in [5.41, 5.74) is 5.33. The van der Waals surface area contributed by atoms with Gasteiger partial charge in [0.25, 0.3) is 11.5 Å². The number of amides is 1. The van der Waals surface area contributed by atoms with Gasteiger partial charge in [0.05, 0.1) is 18.6 Å². The average molecular weight is 907 g/mol. The number of fused-ring (bicyclic) bond motifs is 1. The van der Waals surface area contributed by atoms with Crippen LogP contribution in [0.15, 0.2) is 109 Å². The first-order valence-electron chi connectivity index (χ1n) is 18.4. The highest BCUT2D eigenvalue weighted by molar-refractivity contribution is 7.93. The Morgan fingerprint density at radius 3 is 1.84 bits per heavy atom. The molecule has 0 spiro atoms. The number of H-pyrrole nitrogens is 1. The van der Waals surface area contributed by atoms with Crippen LogP contribution in [0.2, 0.25) is 0 Å². The Bertz CT molecular complexity index is 2960. The molecule has 5 N–H and O–H groups in total. The van der Waals surface area contributed by atoms with Gasteiger partial charge >= 0.3 is 5.97 Å². The topological polar surface area (TPSA) is 240 Å². The Morgan fingerprint density at radius 2 is 1.28 bits per heavy atom. The molecular weight excluding hydrogens is 861 g/mol. The average Bonchev–Trinajstić information content (AvgIpc) is 4.00. The zero-order valence-electron chi connectivity index (χ0n) is 34.5. The number of esters is 1. The number of benzene rings is 2. The minimum Gasteiger partial charge on any atom is -0.464 e. The van der Waals surface area contributed by atoms with Gasteiger partial charge in [-0.25, -0.2) is 36.1 Å². The molecule has 5 aromatic heterocycles. The van der Waals surface area contributed by atoms with Gasteiger partial charge in [0, 0.05) is 34.3 Å².